The zero-order valence-electron chi connectivity index (χ0n) is 16.0. The molecule has 0 atom stereocenters. The van der Waals surface area contributed by atoms with E-state index in [1.807, 2.05) is 30.3 Å². The third kappa shape index (κ3) is 3.91. The topological polar surface area (TPSA) is 134 Å². The first-order valence-electron chi connectivity index (χ1n) is 8.77. The summed E-state index contributed by atoms with van der Waals surface area (Å²) in [6.07, 6.45) is 1.58. The molecule has 1 heterocycles. The van der Waals surface area contributed by atoms with E-state index >= 15 is 0 Å². The molecule has 0 fully saturated rings. The van der Waals surface area contributed by atoms with Crippen LogP contribution < -0.4 is 15.2 Å². The van der Waals surface area contributed by atoms with Crippen LogP contribution in [0.1, 0.15) is 16.8 Å². The first kappa shape index (κ1) is 20.0. The van der Waals surface area contributed by atoms with E-state index in [1.54, 1.807) is 36.4 Å². The normalized spacial score (nSPS) is 10.5. The van der Waals surface area contributed by atoms with Crippen molar-refractivity contribution >= 4 is 17.5 Å². The van der Waals surface area contributed by atoms with Crippen molar-refractivity contribution in [2.45, 2.75) is 0 Å². The molecule has 30 heavy (non-hydrogen) atoms. The summed E-state index contributed by atoms with van der Waals surface area (Å²) in [5.41, 5.74) is 7.90. The number of hydrogen-bond donors (Lipinski definition) is 1. The minimum absolute atomic E-state index is 0.114. The summed E-state index contributed by atoms with van der Waals surface area (Å²) < 4.78 is 12.0. The summed E-state index contributed by atoms with van der Waals surface area (Å²) >= 11 is 0. The van der Waals surface area contributed by atoms with Crippen LogP contribution in [0.4, 0.5) is 5.82 Å². The molecule has 0 bridgehead atoms. The second-order valence-electron chi connectivity index (χ2n) is 5.99. The summed E-state index contributed by atoms with van der Waals surface area (Å²) in [4.78, 5) is 0. The molecule has 8 heteroatoms. The van der Waals surface area contributed by atoms with Crippen molar-refractivity contribution in [3.63, 3.8) is 0 Å². The van der Waals surface area contributed by atoms with Gasteiger partial charge in [-0.25, -0.2) is 4.68 Å². The first-order valence-corrected chi connectivity index (χ1v) is 8.77. The number of nitrogens with two attached hydrogens (primary N) is 1. The molecule has 0 aliphatic carbocycles. The first-order chi connectivity index (χ1) is 14.6. The molecule has 8 nitrogen and oxygen atoms in total. The number of allylic oxidation sites excluding steroid dienone is 1. The molecule has 3 aromatic rings. The maximum atomic E-state index is 9.72. The molecule has 0 spiro atoms. The lowest BCUT2D eigenvalue weighted by atomic mass is 10.1. The lowest BCUT2D eigenvalue weighted by Crippen LogP contribution is -2.02. The molecular weight excluding hydrogens is 380 g/mol. The fourth-order valence-corrected chi connectivity index (χ4v) is 2.82. The largest absolute Gasteiger partial charge is 0.493 e. The number of methoxy groups -OCH3 is 1. The Kier molecular flexibility index (Phi) is 5.98. The molecule has 1 aromatic heterocycles. The molecule has 0 saturated carbocycles. The van der Waals surface area contributed by atoms with Crippen LogP contribution in [-0.4, -0.2) is 23.5 Å². The Hall–Kier alpha value is -4.74. The quantitative estimate of drug-likeness (QED) is 0.632. The number of nitrogens with zero attached hydrogens (tertiary/aromatic N) is 5. The zero-order valence-corrected chi connectivity index (χ0v) is 16.0. The van der Waals surface area contributed by atoms with Crippen LogP contribution in [-0.2, 0) is 0 Å². The predicted octanol–water partition coefficient (Wildman–Crippen LogP) is 3.30. The highest BCUT2D eigenvalue weighted by atomic mass is 16.5. The second kappa shape index (κ2) is 8.97. The number of anilines is 1. The maximum Gasteiger partial charge on any atom is 0.174 e. The van der Waals surface area contributed by atoms with Crippen molar-refractivity contribution in [2.24, 2.45) is 0 Å². The highest BCUT2D eigenvalue weighted by Gasteiger charge is 2.20. The Morgan fingerprint density at radius 3 is 2.53 bits per heavy atom. The lowest BCUT2D eigenvalue weighted by Gasteiger charge is -2.09. The van der Waals surface area contributed by atoms with E-state index in [0.29, 0.717) is 22.7 Å². The fourth-order valence-electron chi connectivity index (χ4n) is 2.82. The SMILES string of the molecule is COc1cc(C=C(C#N)c2nn(-c3ccccc3)c(N)c2C#N)ccc1OCC#N. The van der Waals surface area contributed by atoms with Crippen molar-refractivity contribution in [1.82, 2.24) is 9.78 Å². The molecule has 2 N–H and O–H groups in total. The Balaban J connectivity index is 2.07. The standard InChI is InChI=1S/C22H16N6O2/c1-29-20-12-15(7-8-19(20)30-10-9-23)11-16(13-24)21-18(14-25)22(26)28(27-21)17-5-3-2-4-6-17/h2-8,11-12H,10,26H2,1H3. The van der Waals surface area contributed by atoms with E-state index in [4.69, 9.17) is 20.5 Å². The van der Waals surface area contributed by atoms with Gasteiger partial charge >= 0.3 is 0 Å². The molecule has 2 aromatic carbocycles. The average Bonchev–Trinajstić information content (AvgIpc) is 3.12. The molecule has 0 radical (unpaired) electrons. The minimum Gasteiger partial charge on any atom is -0.493 e. The predicted molar refractivity (Wildman–Crippen MR) is 110 cm³/mol. The van der Waals surface area contributed by atoms with E-state index in [9.17, 15) is 10.5 Å². The Labute approximate surface area is 173 Å². The fraction of sp³-hybridized carbons (Fsp3) is 0.0909. The van der Waals surface area contributed by atoms with Gasteiger partial charge < -0.3 is 15.2 Å². The highest BCUT2D eigenvalue weighted by Crippen LogP contribution is 2.31. The van der Waals surface area contributed by atoms with Crippen LogP contribution in [0.3, 0.4) is 0 Å². The van der Waals surface area contributed by atoms with Gasteiger partial charge in [0.25, 0.3) is 0 Å². The maximum absolute atomic E-state index is 9.72. The molecule has 3 rings (SSSR count). The van der Waals surface area contributed by atoms with E-state index in [1.165, 1.54) is 11.8 Å². The molecule has 0 aliphatic heterocycles. The van der Waals surface area contributed by atoms with Gasteiger partial charge in [-0.1, -0.05) is 24.3 Å². The number of nitriles is 3. The van der Waals surface area contributed by atoms with Crippen LogP contribution >= 0.6 is 0 Å². The van der Waals surface area contributed by atoms with E-state index in [2.05, 4.69) is 11.2 Å². The summed E-state index contributed by atoms with van der Waals surface area (Å²) in [6.45, 7) is -0.114. The Bertz CT molecular complexity index is 1220. The molecule has 0 saturated heterocycles. The van der Waals surface area contributed by atoms with E-state index in [-0.39, 0.29) is 29.3 Å². The van der Waals surface area contributed by atoms with Crippen molar-refractivity contribution in [1.29, 1.82) is 15.8 Å². The van der Waals surface area contributed by atoms with Gasteiger partial charge in [0.2, 0.25) is 0 Å². The number of nitrogen functional groups attached to an aromatic ring is 1. The second-order valence-corrected chi connectivity index (χ2v) is 5.99. The van der Waals surface area contributed by atoms with Gasteiger partial charge in [0, 0.05) is 0 Å². The minimum atomic E-state index is -0.114. The third-order valence-corrected chi connectivity index (χ3v) is 4.20. The summed E-state index contributed by atoms with van der Waals surface area (Å²) in [7, 11) is 1.48. The van der Waals surface area contributed by atoms with Crippen LogP contribution in [0, 0.1) is 34.0 Å². The molecular formula is C22H16N6O2. The molecule has 146 valence electrons. The summed E-state index contributed by atoms with van der Waals surface area (Å²) in [6, 6.07) is 20.1. The summed E-state index contributed by atoms with van der Waals surface area (Å²) in [5.74, 6) is 0.967. The van der Waals surface area contributed by atoms with Gasteiger partial charge in [0.05, 0.1) is 18.4 Å². The number of hydrogen-bond acceptors (Lipinski definition) is 7. The van der Waals surface area contributed by atoms with Gasteiger partial charge in [-0.2, -0.15) is 20.9 Å². The van der Waals surface area contributed by atoms with Crippen LogP contribution in [0.2, 0.25) is 0 Å². The Morgan fingerprint density at radius 2 is 1.90 bits per heavy atom. The van der Waals surface area contributed by atoms with Gasteiger partial charge in [-0.15, -0.1) is 0 Å². The van der Waals surface area contributed by atoms with Crippen molar-refractivity contribution in [3.8, 4) is 35.4 Å². The van der Waals surface area contributed by atoms with Crippen molar-refractivity contribution in [2.75, 3.05) is 19.5 Å². The molecule has 0 unspecified atom stereocenters. The van der Waals surface area contributed by atoms with Crippen molar-refractivity contribution in [3.05, 3.63) is 65.4 Å². The number of rotatable bonds is 6. The van der Waals surface area contributed by atoms with Crippen LogP contribution in [0.15, 0.2) is 48.5 Å². The van der Waals surface area contributed by atoms with Gasteiger partial charge in [-0.05, 0) is 35.9 Å². The van der Waals surface area contributed by atoms with E-state index < -0.39 is 0 Å². The van der Waals surface area contributed by atoms with Crippen LogP contribution in [0.25, 0.3) is 17.3 Å². The van der Waals surface area contributed by atoms with Gasteiger partial charge in [0.1, 0.15) is 35.3 Å². The third-order valence-electron chi connectivity index (χ3n) is 4.20. The van der Waals surface area contributed by atoms with Crippen LogP contribution in [0.5, 0.6) is 11.5 Å². The summed E-state index contributed by atoms with van der Waals surface area (Å²) in [5, 5.41) is 32.4. The number of para-hydroxylation sites is 1. The van der Waals surface area contributed by atoms with E-state index in [0.717, 1.165) is 0 Å². The van der Waals surface area contributed by atoms with Gasteiger partial charge in [0.15, 0.2) is 18.1 Å². The molecule has 0 amide bonds. The lowest BCUT2D eigenvalue weighted by molar-refractivity contribution is 0.329. The smallest absolute Gasteiger partial charge is 0.174 e. The number of ether oxygens (including phenoxy) is 2. The van der Waals surface area contributed by atoms with Gasteiger partial charge in [-0.3, -0.25) is 0 Å². The average molecular weight is 396 g/mol. The molecule has 0 aliphatic rings. The monoisotopic (exact) mass is 396 g/mol. The zero-order chi connectivity index (χ0) is 21.5. The van der Waals surface area contributed by atoms with Crippen molar-refractivity contribution < 1.29 is 9.47 Å². The Morgan fingerprint density at radius 1 is 1.13 bits per heavy atom. The highest BCUT2D eigenvalue weighted by molar-refractivity contribution is 5.91. The number of benzene rings is 2. The number of aromatic nitrogens is 2.